The fourth-order valence-electron chi connectivity index (χ4n) is 3.30. The SMILES string of the molecule is Cc1ccc(-c2nn3ccn(Cc4cccc(C#N)c4)c(=O)c3c2CO)cc1. The number of hydrogen-bond donors (Lipinski definition) is 1. The zero-order valence-electron chi connectivity index (χ0n) is 15.3. The number of fused-ring (bicyclic) bond motifs is 1. The molecule has 0 unspecified atom stereocenters. The van der Waals surface area contributed by atoms with Gasteiger partial charge in [-0.05, 0) is 24.6 Å². The quantitative estimate of drug-likeness (QED) is 0.599. The van der Waals surface area contributed by atoms with Crippen molar-refractivity contribution in [2.45, 2.75) is 20.1 Å². The van der Waals surface area contributed by atoms with E-state index < -0.39 is 0 Å². The number of aryl methyl sites for hydroxylation is 1. The maximum atomic E-state index is 13.1. The van der Waals surface area contributed by atoms with E-state index in [9.17, 15) is 9.90 Å². The zero-order chi connectivity index (χ0) is 19.7. The third-order valence-corrected chi connectivity index (χ3v) is 4.75. The van der Waals surface area contributed by atoms with Gasteiger partial charge in [0.2, 0.25) is 0 Å². The van der Waals surface area contributed by atoms with Crippen LogP contribution in [0.2, 0.25) is 0 Å². The molecule has 0 spiro atoms. The van der Waals surface area contributed by atoms with Crippen molar-refractivity contribution >= 4 is 5.52 Å². The highest BCUT2D eigenvalue weighted by Gasteiger charge is 2.17. The van der Waals surface area contributed by atoms with Crippen molar-refractivity contribution in [3.8, 4) is 17.3 Å². The predicted molar refractivity (Wildman–Crippen MR) is 106 cm³/mol. The van der Waals surface area contributed by atoms with Gasteiger partial charge in [-0.1, -0.05) is 42.0 Å². The zero-order valence-corrected chi connectivity index (χ0v) is 15.3. The second-order valence-corrected chi connectivity index (χ2v) is 6.69. The van der Waals surface area contributed by atoms with Gasteiger partial charge in [-0.3, -0.25) is 4.79 Å². The second kappa shape index (κ2) is 7.14. The Bertz CT molecular complexity index is 1260. The first kappa shape index (κ1) is 17.7. The normalized spacial score (nSPS) is 10.9. The molecule has 4 rings (SSSR count). The molecule has 0 aliphatic carbocycles. The van der Waals surface area contributed by atoms with Gasteiger partial charge in [0.25, 0.3) is 5.56 Å². The standard InChI is InChI=1S/C22H18N4O2/c1-15-5-7-18(8-6-15)20-19(14-27)21-22(28)25(9-10-26(21)24-20)13-17-4-2-3-16(11-17)12-23/h2-11,27H,13-14H2,1H3. The molecule has 0 radical (unpaired) electrons. The van der Waals surface area contributed by atoms with Gasteiger partial charge in [-0.2, -0.15) is 10.4 Å². The number of hydrogen-bond acceptors (Lipinski definition) is 4. The third kappa shape index (κ3) is 3.08. The van der Waals surface area contributed by atoms with Crippen molar-refractivity contribution < 1.29 is 5.11 Å². The van der Waals surface area contributed by atoms with Gasteiger partial charge < -0.3 is 9.67 Å². The van der Waals surface area contributed by atoms with Gasteiger partial charge in [-0.15, -0.1) is 0 Å². The second-order valence-electron chi connectivity index (χ2n) is 6.69. The van der Waals surface area contributed by atoms with E-state index in [1.807, 2.05) is 37.3 Å². The van der Waals surface area contributed by atoms with Crippen LogP contribution in [0.15, 0.2) is 65.7 Å². The Labute approximate surface area is 161 Å². The minimum absolute atomic E-state index is 0.236. The highest BCUT2D eigenvalue weighted by molar-refractivity contribution is 5.72. The average molecular weight is 370 g/mol. The molecule has 2 aromatic heterocycles. The maximum absolute atomic E-state index is 13.1. The van der Waals surface area contributed by atoms with Crippen molar-refractivity contribution in [1.29, 1.82) is 5.26 Å². The molecule has 0 aliphatic heterocycles. The highest BCUT2D eigenvalue weighted by atomic mass is 16.3. The molecule has 138 valence electrons. The number of nitrogens with zero attached hydrogens (tertiary/aromatic N) is 4. The first-order valence-electron chi connectivity index (χ1n) is 8.88. The Kier molecular flexibility index (Phi) is 4.52. The summed E-state index contributed by atoms with van der Waals surface area (Å²) in [5.74, 6) is 0. The molecular formula is C22H18N4O2. The summed E-state index contributed by atoms with van der Waals surface area (Å²) >= 11 is 0. The molecule has 0 saturated heterocycles. The molecule has 0 saturated carbocycles. The van der Waals surface area contributed by atoms with Crippen LogP contribution in [-0.2, 0) is 13.2 Å². The lowest BCUT2D eigenvalue weighted by Gasteiger charge is -2.07. The number of aliphatic hydroxyl groups excluding tert-OH is 1. The summed E-state index contributed by atoms with van der Waals surface area (Å²) in [6.45, 7) is 2.05. The molecular weight excluding hydrogens is 352 g/mol. The van der Waals surface area contributed by atoms with Crippen LogP contribution in [0.25, 0.3) is 16.8 Å². The van der Waals surface area contributed by atoms with Crippen LogP contribution >= 0.6 is 0 Å². The largest absolute Gasteiger partial charge is 0.392 e. The molecule has 6 nitrogen and oxygen atoms in total. The molecule has 28 heavy (non-hydrogen) atoms. The van der Waals surface area contributed by atoms with Gasteiger partial charge in [0, 0.05) is 23.5 Å². The predicted octanol–water partition coefficient (Wildman–Crippen LogP) is 2.88. The third-order valence-electron chi connectivity index (χ3n) is 4.75. The average Bonchev–Trinajstić information content (AvgIpc) is 3.10. The summed E-state index contributed by atoms with van der Waals surface area (Å²) in [7, 11) is 0. The fourth-order valence-corrected chi connectivity index (χ4v) is 3.30. The Morgan fingerprint density at radius 3 is 2.64 bits per heavy atom. The van der Waals surface area contributed by atoms with Crippen LogP contribution in [0, 0.1) is 18.3 Å². The summed E-state index contributed by atoms with van der Waals surface area (Å²) < 4.78 is 3.08. The number of nitriles is 1. The summed E-state index contributed by atoms with van der Waals surface area (Å²) in [5, 5.41) is 23.5. The van der Waals surface area contributed by atoms with Crippen LogP contribution in [0.4, 0.5) is 0 Å². The van der Waals surface area contributed by atoms with Crippen molar-refractivity contribution in [2.75, 3.05) is 0 Å². The molecule has 2 aromatic carbocycles. The molecule has 6 heteroatoms. The minimum atomic E-state index is -0.282. The lowest BCUT2D eigenvalue weighted by Crippen LogP contribution is -2.22. The lowest BCUT2D eigenvalue weighted by molar-refractivity contribution is 0.283. The minimum Gasteiger partial charge on any atom is -0.392 e. The number of aliphatic hydroxyl groups is 1. The summed E-state index contributed by atoms with van der Waals surface area (Å²) in [6, 6.07) is 17.1. The summed E-state index contributed by atoms with van der Waals surface area (Å²) in [4.78, 5) is 13.1. The van der Waals surface area contributed by atoms with E-state index in [1.54, 1.807) is 35.2 Å². The van der Waals surface area contributed by atoms with Crippen LogP contribution < -0.4 is 5.56 Å². The Hall–Kier alpha value is -3.69. The molecule has 0 aliphatic rings. The van der Waals surface area contributed by atoms with Crippen LogP contribution in [0.5, 0.6) is 0 Å². The van der Waals surface area contributed by atoms with E-state index in [-0.39, 0.29) is 12.2 Å². The Morgan fingerprint density at radius 1 is 1.14 bits per heavy atom. The molecule has 0 amide bonds. The Balaban J connectivity index is 1.83. The van der Waals surface area contributed by atoms with Crippen molar-refractivity contribution in [3.63, 3.8) is 0 Å². The van der Waals surface area contributed by atoms with Crippen LogP contribution in [0.1, 0.15) is 22.3 Å². The fraction of sp³-hybridized carbons (Fsp3) is 0.136. The van der Waals surface area contributed by atoms with E-state index in [4.69, 9.17) is 5.26 Å². The molecule has 2 heterocycles. The summed E-state index contributed by atoms with van der Waals surface area (Å²) in [5.41, 5.74) is 4.61. The highest BCUT2D eigenvalue weighted by Crippen LogP contribution is 2.25. The molecule has 0 fully saturated rings. The van der Waals surface area contributed by atoms with Gasteiger partial charge in [0.05, 0.1) is 30.5 Å². The van der Waals surface area contributed by atoms with Crippen molar-refractivity contribution in [1.82, 2.24) is 14.2 Å². The topological polar surface area (TPSA) is 83.3 Å². The Morgan fingerprint density at radius 2 is 1.93 bits per heavy atom. The van der Waals surface area contributed by atoms with Gasteiger partial charge in [0.1, 0.15) is 5.52 Å². The first-order valence-corrected chi connectivity index (χ1v) is 8.88. The summed E-state index contributed by atoms with van der Waals surface area (Å²) in [6.07, 6.45) is 3.38. The maximum Gasteiger partial charge on any atom is 0.277 e. The molecule has 4 aromatic rings. The van der Waals surface area contributed by atoms with Crippen LogP contribution in [0.3, 0.4) is 0 Å². The van der Waals surface area contributed by atoms with Crippen molar-refractivity contribution in [2.24, 2.45) is 0 Å². The van der Waals surface area contributed by atoms with Crippen molar-refractivity contribution in [3.05, 3.63) is 93.5 Å². The van der Waals surface area contributed by atoms with E-state index in [0.717, 1.165) is 16.7 Å². The molecule has 0 atom stereocenters. The monoisotopic (exact) mass is 370 g/mol. The van der Waals surface area contributed by atoms with E-state index in [2.05, 4.69) is 11.2 Å². The van der Waals surface area contributed by atoms with E-state index in [1.165, 1.54) is 4.52 Å². The smallest absolute Gasteiger partial charge is 0.277 e. The van der Waals surface area contributed by atoms with E-state index >= 15 is 0 Å². The first-order chi connectivity index (χ1) is 13.6. The molecule has 0 bridgehead atoms. The number of aromatic nitrogens is 3. The van der Waals surface area contributed by atoms with Gasteiger partial charge in [-0.25, -0.2) is 4.52 Å². The number of rotatable bonds is 4. The van der Waals surface area contributed by atoms with Gasteiger partial charge >= 0.3 is 0 Å². The van der Waals surface area contributed by atoms with E-state index in [0.29, 0.717) is 28.9 Å². The lowest BCUT2D eigenvalue weighted by atomic mass is 10.1. The van der Waals surface area contributed by atoms with Crippen LogP contribution in [-0.4, -0.2) is 19.3 Å². The van der Waals surface area contributed by atoms with Gasteiger partial charge in [0.15, 0.2) is 0 Å². The molecule has 1 N–H and O–H groups in total. The number of benzene rings is 2.